The van der Waals surface area contributed by atoms with Crippen molar-refractivity contribution in [1.29, 1.82) is 0 Å². The van der Waals surface area contributed by atoms with Gasteiger partial charge in [0.25, 0.3) is 11.5 Å². The molecular formula is C17H14ClN5O2S. The number of hydrogen-bond acceptors (Lipinski definition) is 4. The van der Waals surface area contributed by atoms with Gasteiger partial charge in [0.15, 0.2) is 5.11 Å². The van der Waals surface area contributed by atoms with Crippen molar-refractivity contribution in [1.82, 2.24) is 20.6 Å². The first-order valence-electron chi connectivity index (χ1n) is 7.59. The van der Waals surface area contributed by atoms with E-state index in [0.29, 0.717) is 16.1 Å². The molecule has 0 fully saturated rings. The molecule has 3 N–H and O–H groups in total. The van der Waals surface area contributed by atoms with Crippen molar-refractivity contribution in [3.05, 3.63) is 70.1 Å². The van der Waals surface area contributed by atoms with Crippen LogP contribution in [0.4, 0.5) is 5.69 Å². The third kappa shape index (κ3) is 4.35. The number of benzene rings is 2. The number of aromatic nitrogens is 2. The predicted molar refractivity (Wildman–Crippen MR) is 105 cm³/mol. The molecule has 7 nitrogen and oxygen atoms in total. The Morgan fingerprint density at radius 3 is 2.62 bits per heavy atom. The van der Waals surface area contributed by atoms with Gasteiger partial charge < -0.3 is 5.32 Å². The normalized spacial score (nSPS) is 10.3. The van der Waals surface area contributed by atoms with Gasteiger partial charge in [0.1, 0.15) is 6.54 Å². The van der Waals surface area contributed by atoms with E-state index in [2.05, 4.69) is 21.3 Å². The van der Waals surface area contributed by atoms with E-state index in [1.54, 1.807) is 48.7 Å². The molecule has 0 aliphatic heterocycles. The molecule has 132 valence electrons. The lowest BCUT2D eigenvalue weighted by atomic mass is 10.2. The Hall–Kier alpha value is -2.97. The van der Waals surface area contributed by atoms with Crippen LogP contribution in [-0.2, 0) is 11.3 Å². The minimum Gasteiger partial charge on any atom is -0.331 e. The number of amides is 1. The highest BCUT2D eigenvalue weighted by molar-refractivity contribution is 7.80. The van der Waals surface area contributed by atoms with Gasteiger partial charge >= 0.3 is 0 Å². The zero-order valence-corrected chi connectivity index (χ0v) is 15.0. The van der Waals surface area contributed by atoms with E-state index in [9.17, 15) is 9.59 Å². The minimum absolute atomic E-state index is 0.194. The van der Waals surface area contributed by atoms with Crippen LogP contribution in [-0.4, -0.2) is 20.8 Å². The van der Waals surface area contributed by atoms with Crippen LogP contribution in [0.3, 0.4) is 0 Å². The molecule has 0 radical (unpaired) electrons. The predicted octanol–water partition coefficient (Wildman–Crippen LogP) is 2.07. The number of anilines is 1. The molecule has 26 heavy (non-hydrogen) atoms. The van der Waals surface area contributed by atoms with Crippen LogP contribution in [0.1, 0.15) is 0 Å². The summed E-state index contributed by atoms with van der Waals surface area (Å²) >= 11 is 10.9. The van der Waals surface area contributed by atoms with E-state index >= 15 is 0 Å². The van der Waals surface area contributed by atoms with Crippen LogP contribution in [0.25, 0.3) is 10.8 Å². The fraction of sp³-hybridized carbons (Fsp3) is 0.0588. The highest BCUT2D eigenvalue weighted by atomic mass is 35.5. The SMILES string of the molecule is O=C(Cn1ncc2ccccc2c1=O)NNC(=S)Nc1ccc(Cl)cc1. The molecular weight excluding hydrogens is 374 g/mol. The number of rotatable bonds is 3. The van der Waals surface area contributed by atoms with E-state index < -0.39 is 5.91 Å². The first-order valence-corrected chi connectivity index (χ1v) is 8.38. The van der Waals surface area contributed by atoms with Crippen LogP contribution in [0.2, 0.25) is 5.02 Å². The summed E-state index contributed by atoms with van der Waals surface area (Å²) in [5.41, 5.74) is 5.37. The molecule has 3 aromatic rings. The van der Waals surface area contributed by atoms with Gasteiger partial charge in [0.05, 0.1) is 11.6 Å². The number of nitrogens with zero attached hydrogens (tertiary/aromatic N) is 2. The summed E-state index contributed by atoms with van der Waals surface area (Å²) in [5, 5.41) is 8.92. The van der Waals surface area contributed by atoms with Crippen LogP contribution < -0.4 is 21.7 Å². The van der Waals surface area contributed by atoms with Gasteiger partial charge in [-0.05, 0) is 42.5 Å². The molecule has 0 aliphatic rings. The summed E-state index contributed by atoms with van der Waals surface area (Å²) in [6, 6.07) is 14.0. The van der Waals surface area contributed by atoms with Gasteiger partial charge in [0, 0.05) is 16.1 Å². The van der Waals surface area contributed by atoms with Gasteiger partial charge in [0.2, 0.25) is 0 Å². The fourth-order valence-electron chi connectivity index (χ4n) is 2.24. The molecule has 1 heterocycles. The Balaban J connectivity index is 1.57. The first-order chi connectivity index (χ1) is 12.5. The number of nitrogens with one attached hydrogen (secondary N) is 3. The Bertz CT molecular complexity index is 1020. The summed E-state index contributed by atoms with van der Waals surface area (Å²) in [6.45, 7) is -0.236. The first kappa shape index (κ1) is 17.8. The van der Waals surface area contributed by atoms with Gasteiger partial charge in [-0.1, -0.05) is 29.8 Å². The Morgan fingerprint density at radius 2 is 1.85 bits per heavy atom. The highest BCUT2D eigenvalue weighted by Gasteiger charge is 2.08. The molecule has 0 saturated carbocycles. The molecule has 0 unspecified atom stereocenters. The second-order valence-corrected chi connectivity index (χ2v) is 6.17. The number of halogens is 1. The topological polar surface area (TPSA) is 88.0 Å². The van der Waals surface area contributed by atoms with Crippen molar-refractivity contribution >= 4 is 51.3 Å². The van der Waals surface area contributed by atoms with Crippen molar-refractivity contribution in [2.45, 2.75) is 6.54 Å². The van der Waals surface area contributed by atoms with Gasteiger partial charge in [-0.25, -0.2) is 4.68 Å². The lowest BCUT2D eigenvalue weighted by Gasteiger charge is -2.12. The lowest BCUT2D eigenvalue weighted by molar-refractivity contribution is -0.122. The quantitative estimate of drug-likeness (QED) is 0.471. The van der Waals surface area contributed by atoms with Crippen LogP contribution >= 0.6 is 23.8 Å². The number of carbonyl (C=O) groups is 1. The second kappa shape index (κ2) is 7.94. The van der Waals surface area contributed by atoms with Crippen molar-refractivity contribution in [3.8, 4) is 0 Å². The molecule has 1 aromatic heterocycles. The molecule has 0 aliphatic carbocycles. The van der Waals surface area contributed by atoms with E-state index in [1.807, 2.05) is 6.07 Å². The second-order valence-electron chi connectivity index (χ2n) is 5.33. The van der Waals surface area contributed by atoms with E-state index in [4.69, 9.17) is 23.8 Å². The van der Waals surface area contributed by atoms with Gasteiger partial charge in [-0.15, -0.1) is 0 Å². The number of carbonyl (C=O) groups excluding carboxylic acids is 1. The van der Waals surface area contributed by atoms with Crippen LogP contribution in [0.5, 0.6) is 0 Å². The number of hydrogen-bond donors (Lipinski definition) is 3. The minimum atomic E-state index is -0.463. The molecule has 9 heteroatoms. The van der Waals surface area contributed by atoms with E-state index in [-0.39, 0.29) is 17.2 Å². The monoisotopic (exact) mass is 387 g/mol. The maximum absolute atomic E-state index is 12.3. The highest BCUT2D eigenvalue weighted by Crippen LogP contribution is 2.13. The molecule has 3 rings (SSSR count). The molecule has 0 atom stereocenters. The van der Waals surface area contributed by atoms with E-state index in [1.165, 1.54) is 0 Å². The van der Waals surface area contributed by atoms with Crippen molar-refractivity contribution in [2.24, 2.45) is 0 Å². The Labute approximate surface area is 158 Å². The summed E-state index contributed by atoms with van der Waals surface area (Å²) in [6.07, 6.45) is 1.55. The summed E-state index contributed by atoms with van der Waals surface area (Å²) in [5.74, 6) is -0.463. The van der Waals surface area contributed by atoms with E-state index in [0.717, 1.165) is 10.1 Å². The lowest BCUT2D eigenvalue weighted by Crippen LogP contribution is -2.46. The smallest absolute Gasteiger partial charge is 0.275 e. The molecule has 1 amide bonds. The van der Waals surface area contributed by atoms with Crippen molar-refractivity contribution in [2.75, 3.05) is 5.32 Å². The maximum atomic E-state index is 12.3. The number of fused-ring (bicyclic) bond motifs is 1. The van der Waals surface area contributed by atoms with Crippen LogP contribution in [0.15, 0.2) is 59.5 Å². The van der Waals surface area contributed by atoms with Crippen LogP contribution in [0, 0.1) is 0 Å². The number of thiocarbonyl (C=S) groups is 1. The summed E-state index contributed by atoms with van der Waals surface area (Å²) in [7, 11) is 0. The molecule has 0 bridgehead atoms. The average Bonchev–Trinajstić information content (AvgIpc) is 2.64. The third-order valence-electron chi connectivity index (χ3n) is 3.47. The third-order valence-corrected chi connectivity index (χ3v) is 3.93. The molecule has 0 spiro atoms. The Morgan fingerprint density at radius 1 is 1.12 bits per heavy atom. The maximum Gasteiger partial charge on any atom is 0.275 e. The fourth-order valence-corrected chi connectivity index (χ4v) is 2.53. The summed E-state index contributed by atoms with van der Waals surface area (Å²) < 4.78 is 1.09. The zero-order valence-electron chi connectivity index (χ0n) is 13.4. The van der Waals surface area contributed by atoms with Crippen molar-refractivity contribution in [3.63, 3.8) is 0 Å². The standard InChI is InChI=1S/C17H14ClN5O2S/c18-12-5-7-13(8-6-12)20-17(26)22-21-15(24)10-23-16(25)14-4-2-1-3-11(14)9-19-23/h1-9H,10H2,(H,21,24)(H2,20,22,26). The van der Waals surface area contributed by atoms with Crippen molar-refractivity contribution < 1.29 is 4.79 Å². The Kier molecular flexibility index (Phi) is 5.45. The average molecular weight is 388 g/mol. The zero-order chi connectivity index (χ0) is 18.5. The summed E-state index contributed by atoms with van der Waals surface area (Å²) in [4.78, 5) is 24.3. The number of hydrazine groups is 1. The van der Waals surface area contributed by atoms with Gasteiger partial charge in [-0.3, -0.25) is 20.4 Å². The molecule has 0 saturated heterocycles. The largest absolute Gasteiger partial charge is 0.331 e. The van der Waals surface area contributed by atoms with Gasteiger partial charge in [-0.2, -0.15) is 5.10 Å². The molecule has 2 aromatic carbocycles.